The van der Waals surface area contributed by atoms with Gasteiger partial charge in [0.05, 0.1) is 6.54 Å². The maximum atomic E-state index is 11.8. The third kappa shape index (κ3) is 3.25. The molecule has 2 rings (SSSR count). The topological polar surface area (TPSA) is 67.2 Å². The minimum atomic E-state index is -0.310. The molecular weight excluding hydrogens is 252 g/mol. The number of carbonyl (C=O) groups excluding carboxylic acids is 2. The zero-order valence-corrected chi connectivity index (χ0v) is 11.1. The molecule has 7 heteroatoms. The van der Waals surface area contributed by atoms with Crippen LogP contribution in [0.25, 0.3) is 0 Å². The highest BCUT2D eigenvalue weighted by Crippen LogP contribution is 2.08. The number of nitrogens with one attached hydrogen (secondary N) is 1. The third-order valence-electron chi connectivity index (χ3n) is 2.71. The van der Waals surface area contributed by atoms with Gasteiger partial charge in [0.2, 0.25) is 5.91 Å². The summed E-state index contributed by atoms with van der Waals surface area (Å²) in [4.78, 5) is 25.3. The van der Waals surface area contributed by atoms with E-state index < -0.39 is 0 Å². The molecule has 0 saturated carbocycles. The Kier molecular flexibility index (Phi) is 4.24. The first kappa shape index (κ1) is 12.9. The first-order chi connectivity index (χ1) is 8.66. The summed E-state index contributed by atoms with van der Waals surface area (Å²) in [5, 5.41) is 6.57. The lowest BCUT2D eigenvalue weighted by molar-refractivity contribution is -0.129. The molecule has 2 amide bonds. The van der Waals surface area contributed by atoms with Gasteiger partial charge in [-0.2, -0.15) is 16.9 Å². The van der Waals surface area contributed by atoms with Crippen molar-refractivity contribution in [1.29, 1.82) is 0 Å². The van der Waals surface area contributed by atoms with E-state index >= 15 is 0 Å². The summed E-state index contributed by atoms with van der Waals surface area (Å²) < 4.78 is 1.55. The van der Waals surface area contributed by atoms with Crippen molar-refractivity contribution in [2.45, 2.75) is 0 Å². The van der Waals surface area contributed by atoms with Crippen LogP contribution >= 0.6 is 11.8 Å². The van der Waals surface area contributed by atoms with Crippen molar-refractivity contribution in [3.8, 4) is 0 Å². The Hall–Kier alpha value is -1.50. The number of nitrogens with zero attached hydrogens (tertiary/aromatic N) is 3. The smallest absolute Gasteiger partial charge is 0.272 e. The van der Waals surface area contributed by atoms with Gasteiger partial charge in [-0.15, -0.1) is 0 Å². The van der Waals surface area contributed by atoms with E-state index in [2.05, 4.69) is 10.4 Å². The minimum Gasteiger partial charge on any atom is -0.342 e. The van der Waals surface area contributed by atoms with E-state index in [0.717, 1.165) is 24.6 Å². The van der Waals surface area contributed by atoms with Gasteiger partial charge in [-0.1, -0.05) is 0 Å². The van der Waals surface area contributed by atoms with Gasteiger partial charge >= 0.3 is 0 Å². The molecule has 0 spiro atoms. The molecule has 1 N–H and O–H groups in total. The molecule has 98 valence electrons. The lowest BCUT2D eigenvalue weighted by atomic mass is 10.4. The molecule has 1 aliphatic heterocycles. The summed E-state index contributed by atoms with van der Waals surface area (Å²) in [6, 6.07) is 1.62. The number of hydrogen-bond donors (Lipinski definition) is 1. The molecular formula is C11H16N4O2S. The van der Waals surface area contributed by atoms with Crippen molar-refractivity contribution >= 4 is 23.6 Å². The largest absolute Gasteiger partial charge is 0.342 e. The van der Waals surface area contributed by atoms with E-state index in [1.807, 2.05) is 11.8 Å². The molecule has 1 fully saturated rings. The lowest BCUT2D eigenvalue weighted by Gasteiger charge is -2.26. The standard InChI is InChI=1S/C11H16N4O2S/c1-14-3-2-9(13-14)11(17)12-8-10(16)15-4-6-18-7-5-15/h2-3H,4-8H2,1H3,(H,12,17). The van der Waals surface area contributed by atoms with Crippen molar-refractivity contribution in [3.63, 3.8) is 0 Å². The number of hydrogen-bond acceptors (Lipinski definition) is 4. The summed E-state index contributed by atoms with van der Waals surface area (Å²) in [5.74, 6) is 1.61. The van der Waals surface area contributed by atoms with Gasteiger partial charge in [0.15, 0.2) is 0 Å². The second-order valence-electron chi connectivity index (χ2n) is 4.05. The van der Waals surface area contributed by atoms with Crippen LogP contribution in [0.1, 0.15) is 10.5 Å². The van der Waals surface area contributed by atoms with E-state index in [4.69, 9.17) is 0 Å². The SMILES string of the molecule is Cn1ccc(C(=O)NCC(=O)N2CCSCC2)n1. The number of carbonyl (C=O) groups is 2. The molecule has 1 aromatic heterocycles. The van der Waals surface area contributed by atoms with E-state index in [1.54, 1.807) is 28.9 Å². The third-order valence-corrected chi connectivity index (χ3v) is 3.65. The highest BCUT2D eigenvalue weighted by atomic mass is 32.2. The Balaban J connectivity index is 1.80. The second-order valence-corrected chi connectivity index (χ2v) is 5.28. The zero-order valence-electron chi connectivity index (χ0n) is 10.3. The summed E-state index contributed by atoms with van der Waals surface area (Å²) >= 11 is 1.85. The van der Waals surface area contributed by atoms with Crippen LogP contribution in [0.4, 0.5) is 0 Å². The Morgan fingerprint density at radius 3 is 2.78 bits per heavy atom. The Morgan fingerprint density at radius 1 is 1.44 bits per heavy atom. The lowest BCUT2D eigenvalue weighted by Crippen LogP contribution is -2.44. The molecule has 0 atom stereocenters. The molecule has 6 nitrogen and oxygen atoms in total. The Labute approximate surface area is 110 Å². The van der Waals surface area contributed by atoms with Gasteiger partial charge in [-0.3, -0.25) is 14.3 Å². The van der Waals surface area contributed by atoms with Gasteiger partial charge in [-0.05, 0) is 6.07 Å². The second kappa shape index (κ2) is 5.90. The average molecular weight is 268 g/mol. The minimum absolute atomic E-state index is 0.0282. The molecule has 1 aromatic rings. The van der Waals surface area contributed by atoms with Crippen molar-refractivity contribution in [2.75, 3.05) is 31.1 Å². The maximum Gasteiger partial charge on any atom is 0.272 e. The molecule has 0 aliphatic carbocycles. The molecule has 18 heavy (non-hydrogen) atoms. The van der Waals surface area contributed by atoms with Crippen molar-refractivity contribution in [1.82, 2.24) is 20.0 Å². The fourth-order valence-corrected chi connectivity index (χ4v) is 2.61. The van der Waals surface area contributed by atoms with Crippen LogP contribution in [0, 0.1) is 0 Å². The number of rotatable bonds is 3. The van der Waals surface area contributed by atoms with E-state index in [1.165, 1.54) is 0 Å². The van der Waals surface area contributed by atoms with E-state index in [-0.39, 0.29) is 18.4 Å². The monoisotopic (exact) mass is 268 g/mol. The van der Waals surface area contributed by atoms with Crippen LogP contribution in [-0.4, -0.2) is 57.6 Å². The quantitative estimate of drug-likeness (QED) is 0.819. The fraction of sp³-hybridized carbons (Fsp3) is 0.545. The molecule has 1 saturated heterocycles. The predicted octanol–water partition coefficient (Wildman–Crippen LogP) is -0.275. The molecule has 0 aromatic carbocycles. The Bertz CT molecular complexity index is 440. The van der Waals surface area contributed by atoms with Crippen LogP contribution in [-0.2, 0) is 11.8 Å². The van der Waals surface area contributed by atoms with Crippen LogP contribution in [0.3, 0.4) is 0 Å². The molecule has 0 unspecified atom stereocenters. The molecule has 2 heterocycles. The summed E-state index contributed by atoms with van der Waals surface area (Å²) in [6.45, 7) is 1.58. The number of aromatic nitrogens is 2. The van der Waals surface area contributed by atoms with Gasteiger partial charge in [0.25, 0.3) is 5.91 Å². The van der Waals surface area contributed by atoms with E-state index in [9.17, 15) is 9.59 Å². The van der Waals surface area contributed by atoms with Crippen LogP contribution in [0.5, 0.6) is 0 Å². The normalized spacial score (nSPS) is 15.5. The van der Waals surface area contributed by atoms with Gasteiger partial charge in [0.1, 0.15) is 5.69 Å². The first-order valence-corrected chi connectivity index (χ1v) is 6.95. The van der Waals surface area contributed by atoms with Crippen molar-refractivity contribution in [2.24, 2.45) is 7.05 Å². The highest BCUT2D eigenvalue weighted by Gasteiger charge is 2.17. The van der Waals surface area contributed by atoms with Crippen LogP contribution in [0.15, 0.2) is 12.3 Å². The van der Waals surface area contributed by atoms with Crippen LogP contribution < -0.4 is 5.32 Å². The first-order valence-electron chi connectivity index (χ1n) is 5.80. The fourth-order valence-electron chi connectivity index (χ4n) is 1.71. The Morgan fingerprint density at radius 2 is 2.17 bits per heavy atom. The predicted molar refractivity (Wildman–Crippen MR) is 69.4 cm³/mol. The van der Waals surface area contributed by atoms with Crippen molar-refractivity contribution in [3.05, 3.63) is 18.0 Å². The number of aryl methyl sites for hydroxylation is 1. The van der Waals surface area contributed by atoms with Gasteiger partial charge in [0, 0.05) is 37.8 Å². The number of thioether (sulfide) groups is 1. The summed E-state index contributed by atoms with van der Waals surface area (Å²) in [6.07, 6.45) is 1.69. The maximum absolute atomic E-state index is 11.8. The van der Waals surface area contributed by atoms with E-state index in [0.29, 0.717) is 5.69 Å². The van der Waals surface area contributed by atoms with Crippen LogP contribution in [0.2, 0.25) is 0 Å². The van der Waals surface area contributed by atoms with Crippen molar-refractivity contribution < 1.29 is 9.59 Å². The zero-order chi connectivity index (χ0) is 13.0. The highest BCUT2D eigenvalue weighted by molar-refractivity contribution is 7.99. The molecule has 0 bridgehead atoms. The number of amides is 2. The van der Waals surface area contributed by atoms with Gasteiger partial charge < -0.3 is 10.2 Å². The molecule has 1 aliphatic rings. The molecule has 0 radical (unpaired) electrons. The summed E-state index contributed by atoms with van der Waals surface area (Å²) in [7, 11) is 1.74. The average Bonchev–Trinajstić information content (AvgIpc) is 2.83. The summed E-state index contributed by atoms with van der Waals surface area (Å²) in [5.41, 5.74) is 0.333. The van der Waals surface area contributed by atoms with Gasteiger partial charge in [-0.25, -0.2) is 0 Å².